The smallest absolute Gasteiger partial charge is 0.255 e. The number of anilines is 4. The molecule has 1 amide bonds. The van der Waals surface area contributed by atoms with Crippen LogP contribution in [0.5, 0.6) is 0 Å². The van der Waals surface area contributed by atoms with Gasteiger partial charge in [-0.25, -0.2) is 9.97 Å². The maximum absolute atomic E-state index is 12.3. The predicted octanol–water partition coefficient (Wildman–Crippen LogP) is 4.60. The van der Waals surface area contributed by atoms with Gasteiger partial charge >= 0.3 is 0 Å². The van der Waals surface area contributed by atoms with Gasteiger partial charge in [-0.2, -0.15) is 0 Å². The van der Waals surface area contributed by atoms with E-state index in [-0.39, 0.29) is 5.91 Å². The Kier molecular flexibility index (Phi) is 6.57. The van der Waals surface area contributed by atoms with Crippen molar-refractivity contribution in [2.45, 2.75) is 0 Å². The van der Waals surface area contributed by atoms with E-state index in [9.17, 15) is 4.79 Å². The first kappa shape index (κ1) is 21.3. The highest BCUT2D eigenvalue weighted by Gasteiger charge is 2.07. The van der Waals surface area contributed by atoms with Crippen LogP contribution in [0.1, 0.15) is 10.4 Å². The van der Waals surface area contributed by atoms with Gasteiger partial charge in [0.2, 0.25) is 0 Å². The van der Waals surface area contributed by atoms with Crippen LogP contribution in [0.3, 0.4) is 0 Å². The standard InChI is InChI=1S/C25H26N6O/c1-31(2)17-16-26-23-13-12-21-22(14-15-27-24(21)30-23)28-19-8-10-20(11-9-19)29-25(32)18-6-4-3-5-7-18/h3-15H,16-17H2,1-2H3,(H,29,32)(H2,26,27,28,30). The van der Waals surface area contributed by atoms with Crippen molar-refractivity contribution in [3.63, 3.8) is 0 Å². The molecular formula is C25H26N6O. The lowest BCUT2D eigenvalue weighted by Crippen LogP contribution is -2.21. The first-order chi connectivity index (χ1) is 15.6. The average Bonchev–Trinajstić information content (AvgIpc) is 2.81. The molecule has 0 spiro atoms. The zero-order valence-electron chi connectivity index (χ0n) is 18.2. The lowest BCUT2D eigenvalue weighted by molar-refractivity contribution is 0.102. The molecule has 7 nitrogen and oxygen atoms in total. The van der Waals surface area contributed by atoms with Gasteiger partial charge in [0.25, 0.3) is 5.91 Å². The molecule has 0 saturated heterocycles. The number of amides is 1. The molecule has 0 aliphatic carbocycles. The molecule has 2 heterocycles. The molecule has 32 heavy (non-hydrogen) atoms. The van der Waals surface area contributed by atoms with Gasteiger partial charge in [0.05, 0.1) is 5.69 Å². The minimum atomic E-state index is -0.132. The minimum Gasteiger partial charge on any atom is -0.369 e. The molecule has 0 aliphatic rings. The van der Waals surface area contributed by atoms with Crippen LogP contribution in [0.25, 0.3) is 11.0 Å². The predicted molar refractivity (Wildman–Crippen MR) is 131 cm³/mol. The Bertz CT molecular complexity index is 1190. The molecule has 0 radical (unpaired) electrons. The summed E-state index contributed by atoms with van der Waals surface area (Å²) in [4.78, 5) is 23.5. The number of carbonyl (C=O) groups is 1. The Labute approximate surface area is 187 Å². The van der Waals surface area contributed by atoms with Gasteiger partial charge in [0.15, 0.2) is 5.65 Å². The highest BCUT2D eigenvalue weighted by Crippen LogP contribution is 2.26. The molecular weight excluding hydrogens is 400 g/mol. The second-order valence-electron chi connectivity index (χ2n) is 7.68. The van der Waals surface area contributed by atoms with Crippen molar-refractivity contribution in [3.05, 3.63) is 84.6 Å². The summed E-state index contributed by atoms with van der Waals surface area (Å²) in [5.41, 5.74) is 3.86. The molecule has 162 valence electrons. The third-order valence-corrected chi connectivity index (χ3v) is 4.93. The van der Waals surface area contributed by atoms with Crippen molar-refractivity contribution in [2.24, 2.45) is 0 Å². The third kappa shape index (κ3) is 5.39. The zero-order valence-corrected chi connectivity index (χ0v) is 18.2. The van der Waals surface area contributed by atoms with Crippen LogP contribution < -0.4 is 16.0 Å². The summed E-state index contributed by atoms with van der Waals surface area (Å²) >= 11 is 0. The summed E-state index contributed by atoms with van der Waals surface area (Å²) in [5.74, 6) is 0.676. The molecule has 0 unspecified atom stereocenters. The first-order valence-corrected chi connectivity index (χ1v) is 10.5. The quantitative estimate of drug-likeness (QED) is 0.382. The molecule has 0 fully saturated rings. The highest BCUT2D eigenvalue weighted by atomic mass is 16.1. The van der Waals surface area contributed by atoms with Gasteiger partial charge < -0.3 is 20.9 Å². The maximum Gasteiger partial charge on any atom is 0.255 e. The normalized spacial score (nSPS) is 10.8. The second kappa shape index (κ2) is 9.89. The first-order valence-electron chi connectivity index (χ1n) is 10.5. The largest absolute Gasteiger partial charge is 0.369 e. The number of benzene rings is 2. The Morgan fingerprint density at radius 2 is 1.66 bits per heavy atom. The van der Waals surface area contributed by atoms with Gasteiger partial charge in [-0.15, -0.1) is 0 Å². The van der Waals surface area contributed by atoms with Gasteiger partial charge in [-0.1, -0.05) is 18.2 Å². The summed E-state index contributed by atoms with van der Waals surface area (Å²) in [6, 6.07) is 22.7. The number of nitrogens with zero attached hydrogens (tertiary/aromatic N) is 3. The summed E-state index contributed by atoms with van der Waals surface area (Å²) in [5, 5.41) is 10.6. The summed E-state index contributed by atoms with van der Waals surface area (Å²) < 4.78 is 0. The van der Waals surface area contributed by atoms with Crippen molar-refractivity contribution in [1.29, 1.82) is 0 Å². The second-order valence-corrected chi connectivity index (χ2v) is 7.68. The average molecular weight is 427 g/mol. The van der Waals surface area contributed by atoms with Crippen LogP contribution in [0, 0.1) is 0 Å². The van der Waals surface area contributed by atoms with E-state index >= 15 is 0 Å². The summed E-state index contributed by atoms with van der Waals surface area (Å²) in [6.07, 6.45) is 1.75. The molecule has 2 aromatic heterocycles. The molecule has 3 N–H and O–H groups in total. The van der Waals surface area contributed by atoms with E-state index in [0.29, 0.717) is 11.2 Å². The Hall–Kier alpha value is -3.97. The fourth-order valence-corrected chi connectivity index (χ4v) is 3.23. The van der Waals surface area contributed by atoms with Crippen molar-refractivity contribution in [2.75, 3.05) is 43.1 Å². The van der Waals surface area contributed by atoms with E-state index in [0.717, 1.165) is 41.4 Å². The Morgan fingerprint density at radius 3 is 2.41 bits per heavy atom. The lowest BCUT2D eigenvalue weighted by atomic mass is 10.2. The van der Waals surface area contributed by atoms with Gasteiger partial charge in [-0.3, -0.25) is 4.79 Å². The number of hydrogen-bond acceptors (Lipinski definition) is 6. The number of fused-ring (bicyclic) bond motifs is 1. The van der Waals surface area contributed by atoms with Crippen molar-refractivity contribution < 1.29 is 4.79 Å². The minimum absolute atomic E-state index is 0.132. The number of aromatic nitrogens is 2. The molecule has 0 bridgehead atoms. The lowest BCUT2D eigenvalue weighted by Gasteiger charge is -2.13. The van der Waals surface area contributed by atoms with Crippen LogP contribution in [0.2, 0.25) is 0 Å². The highest BCUT2D eigenvalue weighted by molar-refractivity contribution is 6.04. The van der Waals surface area contributed by atoms with Crippen LogP contribution in [0.15, 0.2) is 79.0 Å². The number of rotatable bonds is 8. The number of pyridine rings is 2. The van der Waals surface area contributed by atoms with E-state index in [2.05, 4.69) is 30.8 Å². The van der Waals surface area contributed by atoms with E-state index in [4.69, 9.17) is 0 Å². The number of likely N-dealkylation sites (N-methyl/N-ethyl adjacent to an activating group) is 1. The summed E-state index contributed by atoms with van der Waals surface area (Å²) in [6.45, 7) is 1.74. The number of nitrogens with one attached hydrogen (secondary N) is 3. The van der Waals surface area contributed by atoms with Crippen LogP contribution in [0.4, 0.5) is 22.9 Å². The fraction of sp³-hybridized carbons (Fsp3) is 0.160. The Balaban J connectivity index is 1.44. The molecule has 0 aliphatic heterocycles. The van der Waals surface area contributed by atoms with E-state index in [1.807, 2.05) is 74.8 Å². The van der Waals surface area contributed by atoms with E-state index in [1.165, 1.54) is 0 Å². The molecule has 4 rings (SSSR count). The van der Waals surface area contributed by atoms with E-state index in [1.54, 1.807) is 18.3 Å². The summed E-state index contributed by atoms with van der Waals surface area (Å²) in [7, 11) is 4.08. The van der Waals surface area contributed by atoms with Crippen molar-refractivity contribution >= 4 is 39.8 Å². The fourth-order valence-electron chi connectivity index (χ4n) is 3.23. The topological polar surface area (TPSA) is 82.2 Å². The van der Waals surface area contributed by atoms with Crippen molar-refractivity contribution in [1.82, 2.24) is 14.9 Å². The van der Waals surface area contributed by atoms with Crippen LogP contribution in [-0.2, 0) is 0 Å². The van der Waals surface area contributed by atoms with Crippen molar-refractivity contribution in [3.8, 4) is 0 Å². The number of carbonyl (C=O) groups excluding carboxylic acids is 1. The molecule has 7 heteroatoms. The monoisotopic (exact) mass is 426 g/mol. The Morgan fingerprint density at radius 1 is 0.906 bits per heavy atom. The molecule has 4 aromatic rings. The molecule has 2 aromatic carbocycles. The van der Waals surface area contributed by atoms with Gasteiger partial charge in [0, 0.05) is 41.6 Å². The molecule has 0 saturated carbocycles. The van der Waals surface area contributed by atoms with E-state index < -0.39 is 0 Å². The molecule has 0 atom stereocenters. The maximum atomic E-state index is 12.3. The van der Waals surface area contributed by atoms with Crippen LogP contribution in [-0.4, -0.2) is 48.0 Å². The zero-order chi connectivity index (χ0) is 22.3. The van der Waals surface area contributed by atoms with Gasteiger partial charge in [0.1, 0.15) is 5.82 Å². The third-order valence-electron chi connectivity index (χ3n) is 4.93. The SMILES string of the molecule is CN(C)CCNc1ccc2c(Nc3ccc(NC(=O)c4ccccc4)cc3)ccnc2n1. The van der Waals surface area contributed by atoms with Gasteiger partial charge in [-0.05, 0) is 68.7 Å². The van der Waals surface area contributed by atoms with Crippen LogP contribution >= 0.6 is 0 Å². The number of hydrogen-bond donors (Lipinski definition) is 3.